The zero-order valence-electron chi connectivity index (χ0n) is 9.67. The molecule has 0 saturated heterocycles. The lowest BCUT2D eigenvalue weighted by atomic mass is 10.2. The smallest absolute Gasteiger partial charge is 0.128 e. The maximum absolute atomic E-state index is 13.5. The van der Waals surface area contributed by atoms with Crippen molar-refractivity contribution in [3.8, 4) is 0 Å². The lowest BCUT2D eigenvalue weighted by molar-refractivity contribution is 0.612. The molecule has 0 fully saturated rings. The van der Waals surface area contributed by atoms with Gasteiger partial charge in [0, 0.05) is 29.8 Å². The second-order valence-electron chi connectivity index (χ2n) is 3.89. The summed E-state index contributed by atoms with van der Waals surface area (Å²) in [6.07, 6.45) is 1.88. The Balaban J connectivity index is 2.12. The van der Waals surface area contributed by atoms with Crippen molar-refractivity contribution in [3.05, 3.63) is 45.9 Å². The van der Waals surface area contributed by atoms with Crippen molar-refractivity contribution in [1.29, 1.82) is 0 Å². The van der Waals surface area contributed by atoms with Crippen LogP contribution in [0.3, 0.4) is 0 Å². The van der Waals surface area contributed by atoms with Crippen LogP contribution in [0.15, 0.2) is 28.9 Å². The molecule has 1 aromatic carbocycles. The fourth-order valence-electron chi connectivity index (χ4n) is 1.64. The Hall–Kier alpha value is -1.36. The van der Waals surface area contributed by atoms with Crippen molar-refractivity contribution in [1.82, 2.24) is 9.78 Å². The summed E-state index contributed by atoms with van der Waals surface area (Å²) >= 11 is 3.33. The number of halogens is 2. The minimum Gasteiger partial charge on any atom is -0.378 e. The van der Waals surface area contributed by atoms with Crippen molar-refractivity contribution in [2.75, 3.05) is 5.32 Å². The normalized spacial score (nSPS) is 10.6. The lowest BCUT2D eigenvalue weighted by Gasteiger charge is -2.06. The second kappa shape index (κ2) is 4.87. The van der Waals surface area contributed by atoms with Gasteiger partial charge in [-0.25, -0.2) is 4.39 Å². The molecule has 0 amide bonds. The Morgan fingerprint density at radius 3 is 2.88 bits per heavy atom. The number of nitrogens with zero attached hydrogens (tertiary/aromatic N) is 2. The first kappa shape index (κ1) is 12.1. The van der Waals surface area contributed by atoms with Crippen LogP contribution in [0.4, 0.5) is 10.1 Å². The van der Waals surface area contributed by atoms with Gasteiger partial charge in [-0.2, -0.15) is 5.10 Å². The topological polar surface area (TPSA) is 29.9 Å². The number of anilines is 1. The van der Waals surface area contributed by atoms with E-state index in [2.05, 4.69) is 26.3 Å². The van der Waals surface area contributed by atoms with Crippen LogP contribution in [0, 0.1) is 12.7 Å². The third-order valence-corrected chi connectivity index (χ3v) is 2.98. The molecular formula is C12H13BrFN3. The van der Waals surface area contributed by atoms with Gasteiger partial charge in [0.15, 0.2) is 0 Å². The van der Waals surface area contributed by atoms with E-state index in [1.165, 1.54) is 6.07 Å². The van der Waals surface area contributed by atoms with E-state index in [1.54, 1.807) is 16.8 Å². The van der Waals surface area contributed by atoms with E-state index in [0.717, 1.165) is 15.9 Å². The molecule has 0 aliphatic heterocycles. The van der Waals surface area contributed by atoms with Gasteiger partial charge in [0.25, 0.3) is 0 Å². The van der Waals surface area contributed by atoms with Crippen LogP contribution in [0.2, 0.25) is 0 Å². The maximum atomic E-state index is 13.5. The van der Waals surface area contributed by atoms with Gasteiger partial charge >= 0.3 is 0 Å². The number of aryl methyl sites for hydroxylation is 2. The molecule has 17 heavy (non-hydrogen) atoms. The third kappa shape index (κ3) is 2.85. The highest BCUT2D eigenvalue weighted by molar-refractivity contribution is 9.10. The molecule has 0 radical (unpaired) electrons. The average Bonchev–Trinajstić information content (AvgIpc) is 2.59. The van der Waals surface area contributed by atoms with E-state index in [1.807, 2.05) is 20.2 Å². The van der Waals surface area contributed by atoms with E-state index < -0.39 is 0 Å². The van der Waals surface area contributed by atoms with Gasteiger partial charge in [0.05, 0.1) is 11.4 Å². The molecule has 2 aromatic rings. The number of rotatable bonds is 3. The van der Waals surface area contributed by atoms with Crippen LogP contribution < -0.4 is 5.32 Å². The van der Waals surface area contributed by atoms with E-state index in [0.29, 0.717) is 12.1 Å². The Kier molecular flexibility index (Phi) is 3.47. The first-order valence-electron chi connectivity index (χ1n) is 5.24. The fourth-order valence-corrected chi connectivity index (χ4v) is 2.05. The van der Waals surface area contributed by atoms with Gasteiger partial charge in [0.1, 0.15) is 5.82 Å². The number of hydrogen-bond acceptors (Lipinski definition) is 2. The molecular weight excluding hydrogens is 285 g/mol. The van der Waals surface area contributed by atoms with E-state index in [4.69, 9.17) is 0 Å². The van der Waals surface area contributed by atoms with E-state index in [-0.39, 0.29) is 5.82 Å². The zero-order valence-corrected chi connectivity index (χ0v) is 11.3. The third-order valence-electron chi connectivity index (χ3n) is 2.49. The highest BCUT2D eigenvalue weighted by Gasteiger charge is 2.05. The van der Waals surface area contributed by atoms with Crippen LogP contribution in [-0.4, -0.2) is 9.78 Å². The summed E-state index contributed by atoms with van der Waals surface area (Å²) in [5.41, 5.74) is 2.46. The number of benzene rings is 1. The summed E-state index contributed by atoms with van der Waals surface area (Å²) in [4.78, 5) is 0. The van der Waals surface area contributed by atoms with Gasteiger partial charge in [-0.05, 0) is 25.1 Å². The average molecular weight is 298 g/mol. The summed E-state index contributed by atoms with van der Waals surface area (Å²) in [6.45, 7) is 2.36. The van der Waals surface area contributed by atoms with Crippen molar-refractivity contribution in [3.63, 3.8) is 0 Å². The predicted molar refractivity (Wildman–Crippen MR) is 69.4 cm³/mol. The predicted octanol–water partition coefficient (Wildman–Crippen LogP) is 3.24. The molecule has 3 nitrogen and oxygen atoms in total. The molecule has 0 spiro atoms. The molecule has 90 valence electrons. The Bertz CT molecular complexity index is 537. The number of hydrogen-bond donors (Lipinski definition) is 1. The standard InChI is InChI=1S/C12H13BrFN3/c1-8-12(7-17(2)16-8)15-6-9-5-10(13)3-4-11(9)14/h3-5,7,15H,6H2,1-2H3. The molecule has 1 N–H and O–H groups in total. The largest absolute Gasteiger partial charge is 0.378 e. The maximum Gasteiger partial charge on any atom is 0.128 e. The zero-order chi connectivity index (χ0) is 12.4. The summed E-state index contributed by atoms with van der Waals surface area (Å²) in [5, 5.41) is 7.39. The van der Waals surface area contributed by atoms with Gasteiger partial charge < -0.3 is 5.32 Å². The highest BCUT2D eigenvalue weighted by atomic mass is 79.9. The minimum atomic E-state index is -0.206. The van der Waals surface area contributed by atoms with Gasteiger partial charge in [-0.3, -0.25) is 4.68 Å². The SMILES string of the molecule is Cc1nn(C)cc1NCc1cc(Br)ccc1F. The first-order chi connectivity index (χ1) is 8.06. The molecule has 0 unspecified atom stereocenters. The molecule has 0 aliphatic carbocycles. The first-order valence-corrected chi connectivity index (χ1v) is 6.03. The minimum absolute atomic E-state index is 0.206. The molecule has 0 aliphatic rings. The highest BCUT2D eigenvalue weighted by Crippen LogP contribution is 2.18. The Labute approximate surface area is 108 Å². The molecule has 1 aromatic heterocycles. The molecule has 0 saturated carbocycles. The Morgan fingerprint density at radius 1 is 1.47 bits per heavy atom. The quantitative estimate of drug-likeness (QED) is 0.942. The number of nitrogens with one attached hydrogen (secondary N) is 1. The van der Waals surface area contributed by atoms with Crippen LogP contribution >= 0.6 is 15.9 Å². The second-order valence-corrected chi connectivity index (χ2v) is 4.81. The molecule has 0 bridgehead atoms. The lowest BCUT2D eigenvalue weighted by Crippen LogP contribution is -2.02. The van der Waals surface area contributed by atoms with E-state index in [9.17, 15) is 4.39 Å². The van der Waals surface area contributed by atoms with Crippen LogP contribution in [0.25, 0.3) is 0 Å². The van der Waals surface area contributed by atoms with Crippen molar-refractivity contribution in [2.24, 2.45) is 7.05 Å². The summed E-state index contributed by atoms with van der Waals surface area (Å²) < 4.78 is 16.1. The van der Waals surface area contributed by atoms with Gasteiger partial charge in [-0.15, -0.1) is 0 Å². The monoisotopic (exact) mass is 297 g/mol. The van der Waals surface area contributed by atoms with Gasteiger partial charge in [0.2, 0.25) is 0 Å². The molecule has 1 heterocycles. The number of aromatic nitrogens is 2. The van der Waals surface area contributed by atoms with Crippen molar-refractivity contribution in [2.45, 2.75) is 13.5 Å². The summed E-state index contributed by atoms with van der Waals surface area (Å²) in [7, 11) is 1.86. The molecule has 5 heteroatoms. The van der Waals surface area contributed by atoms with Gasteiger partial charge in [-0.1, -0.05) is 15.9 Å². The summed E-state index contributed by atoms with van der Waals surface area (Å²) in [6, 6.07) is 4.92. The van der Waals surface area contributed by atoms with Crippen LogP contribution in [0.1, 0.15) is 11.3 Å². The van der Waals surface area contributed by atoms with Crippen LogP contribution in [0.5, 0.6) is 0 Å². The molecule has 0 atom stereocenters. The summed E-state index contributed by atoms with van der Waals surface area (Å²) in [5.74, 6) is -0.206. The molecule has 2 rings (SSSR count). The van der Waals surface area contributed by atoms with E-state index >= 15 is 0 Å². The van der Waals surface area contributed by atoms with Crippen molar-refractivity contribution < 1.29 is 4.39 Å². The van der Waals surface area contributed by atoms with Crippen molar-refractivity contribution >= 4 is 21.6 Å². The Morgan fingerprint density at radius 2 is 2.24 bits per heavy atom. The fraction of sp³-hybridized carbons (Fsp3) is 0.250. The van der Waals surface area contributed by atoms with Crippen LogP contribution in [-0.2, 0) is 13.6 Å².